The molecule has 0 spiro atoms. The van der Waals surface area contributed by atoms with Crippen LogP contribution in [0.2, 0.25) is 0 Å². The molecule has 0 aliphatic rings. The predicted octanol–water partition coefficient (Wildman–Crippen LogP) is 3.64. The minimum atomic E-state index is 0.103. The zero-order chi connectivity index (χ0) is 20.1. The van der Waals surface area contributed by atoms with E-state index in [9.17, 15) is 4.79 Å². The topological polar surface area (TPSA) is 64.7 Å². The number of hydrogen-bond donors (Lipinski definition) is 1. The van der Waals surface area contributed by atoms with Crippen LogP contribution in [0.3, 0.4) is 0 Å². The van der Waals surface area contributed by atoms with Crippen LogP contribution in [0.25, 0.3) is 11.0 Å². The molecule has 150 valence electrons. The van der Waals surface area contributed by atoms with Crippen molar-refractivity contribution in [1.82, 2.24) is 24.6 Å². The van der Waals surface area contributed by atoms with Gasteiger partial charge in [0.25, 0.3) is 0 Å². The van der Waals surface area contributed by atoms with Gasteiger partial charge in [-0.05, 0) is 50.3 Å². The lowest BCUT2D eigenvalue weighted by Crippen LogP contribution is -2.25. The molecule has 1 amide bonds. The third kappa shape index (κ3) is 4.80. The summed E-state index contributed by atoms with van der Waals surface area (Å²) in [5.74, 6) is 0.660. The van der Waals surface area contributed by atoms with Gasteiger partial charge in [-0.2, -0.15) is 5.10 Å². The highest BCUT2D eigenvalue weighted by Crippen LogP contribution is 2.16. The molecule has 6 nitrogen and oxygen atoms in total. The van der Waals surface area contributed by atoms with E-state index in [4.69, 9.17) is 0 Å². The first-order chi connectivity index (χ1) is 13.5. The van der Waals surface area contributed by atoms with Crippen LogP contribution in [-0.2, 0) is 24.3 Å². The molecule has 3 aromatic rings. The van der Waals surface area contributed by atoms with Crippen LogP contribution >= 0.6 is 0 Å². The Bertz CT molecular complexity index is 938. The molecule has 0 radical (unpaired) electrons. The molecule has 2 aromatic heterocycles. The second kappa shape index (κ2) is 9.04. The summed E-state index contributed by atoms with van der Waals surface area (Å²) in [6.45, 7) is 11.0. The van der Waals surface area contributed by atoms with Gasteiger partial charge in [0.05, 0.1) is 23.1 Å². The van der Waals surface area contributed by atoms with Crippen molar-refractivity contribution in [3.05, 3.63) is 47.5 Å². The maximum absolute atomic E-state index is 12.2. The number of hydrogen-bond acceptors (Lipinski definition) is 3. The lowest BCUT2D eigenvalue weighted by atomic mass is 10.1. The fourth-order valence-electron chi connectivity index (χ4n) is 3.61. The number of aromatic nitrogens is 4. The van der Waals surface area contributed by atoms with Gasteiger partial charge in [0.2, 0.25) is 5.91 Å². The molecule has 0 saturated carbocycles. The van der Waals surface area contributed by atoms with Crippen LogP contribution in [0.5, 0.6) is 0 Å². The quantitative estimate of drug-likeness (QED) is 0.576. The second-order valence-corrected chi connectivity index (χ2v) is 7.86. The van der Waals surface area contributed by atoms with Crippen molar-refractivity contribution >= 4 is 16.9 Å². The van der Waals surface area contributed by atoms with Crippen LogP contribution in [0.15, 0.2) is 30.6 Å². The van der Waals surface area contributed by atoms with E-state index in [1.165, 1.54) is 11.3 Å². The van der Waals surface area contributed by atoms with Gasteiger partial charge in [0.1, 0.15) is 0 Å². The maximum atomic E-state index is 12.2. The Hall–Kier alpha value is -2.63. The average molecular weight is 382 g/mol. The van der Waals surface area contributed by atoms with E-state index in [0.29, 0.717) is 18.9 Å². The van der Waals surface area contributed by atoms with Gasteiger partial charge >= 0.3 is 0 Å². The first kappa shape index (κ1) is 20.1. The van der Waals surface area contributed by atoms with Gasteiger partial charge in [0.15, 0.2) is 0 Å². The summed E-state index contributed by atoms with van der Waals surface area (Å²) in [6.07, 6.45) is 4.00. The summed E-state index contributed by atoms with van der Waals surface area (Å²) in [4.78, 5) is 16.6. The molecule has 0 bridgehead atoms. The molecular weight excluding hydrogens is 350 g/mol. The van der Waals surface area contributed by atoms with Crippen LogP contribution in [0.4, 0.5) is 0 Å². The zero-order valence-corrected chi connectivity index (χ0v) is 17.4. The van der Waals surface area contributed by atoms with Crippen molar-refractivity contribution in [2.45, 2.75) is 60.0 Å². The Balaban J connectivity index is 1.43. The molecule has 0 aliphatic heterocycles. The number of nitrogens with one attached hydrogen (secondary N) is 1. The van der Waals surface area contributed by atoms with Crippen molar-refractivity contribution in [3.63, 3.8) is 0 Å². The minimum Gasteiger partial charge on any atom is -0.356 e. The lowest BCUT2D eigenvalue weighted by Gasteiger charge is -2.09. The Morgan fingerprint density at radius 2 is 2.00 bits per heavy atom. The Morgan fingerprint density at radius 3 is 2.79 bits per heavy atom. The molecule has 1 aromatic carbocycles. The van der Waals surface area contributed by atoms with Crippen LogP contribution in [0.1, 0.15) is 43.6 Å². The summed E-state index contributed by atoms with van der Waals surface area (Å²) in [5.41, 5.74) is 5.58. The first-order valence-corrected chi connectivity index (χ1v) is 10.1. The lowest BCUT2D eigenvalue weighted by molar-refractivity contribution is -0.121. The van der Waals surface area contributed by atoms with Crippen molar-refractivity contribution in [3.8, 4) is 0 Å². The molecule has 0 atom stereocenters. The van der Waals surface area contributed by atoms with Crippen molar-refractivity contribution in [1.29, 1.82) is 0 Å². The van der Waals surface area contributed by atoms with Gasteiger partial charge < -0.3 is 9.88 Å². The van der Waals surface area contributed by atoms with Gasteiger partial charge in [-0.25, -0.2) is 4.98 Å². The summed E-state index contributed by atoms with van der Waals surface area (Å²) in [7, 11) is 0. The molecule has 28 heavy (non-hydrogen) atoms. The van der Waals surface area contributed by atoms with E-state index in [2.05, 4.69) is 51.5 Å². The molecule has 0 unspecified atom stereocenters. The normalized spacial score (nSPS) is 11.5. The Morgan fingerprint density at radius 1 is 1.21 bits per heavy atom. The predicted molar refractivity (Wildman–Crippen MR) is 112 cm³/mol. The van der Waals surface area contributed by atoms with E-state index in [1.807, 2.05) is 31.5 Å². The van der Waals surface area contributed by atoms with Crippen molar-refractivity contribution in [2.24, 2.45) is 5.92 Å². The molecule has 1 N–H and O–H groups in total. The standard InChI is InChI=1S/C22H31N5O/c1-16(2)14-27-18(4)19(17(3)25-27)10-11-22(28)23-12-7-13-26-15-24-20-8-5-6-9-21(20)26/h5-6,8-9,15-16H,7,10-14H2,1-4H3,(H,23,28). The van der Waals surface area contributed by atoms with E-state index >= 15 is 0 Å². The van der Waals surface area contributed by atoms with Crippen LogP contribution in [-0.4, -0.2) is 31.8 Å². The first-order valence-electron chi connectivity index (χ1n) is 10.1. The number of rotatable bonds is 9. The molecular formula is C22H31N5O. The average Bonchev–Trinajstić information content (AvgIpc) is 3.18. The number of benzene rings is 1. The summed E-state index contributed by atoms with van der Waals surface area (Å²) in [5, 5.41) is 7.67. The summed E-state index contributed by atoms with van der Waals surface area (Å²) < 4.78 is 4.21. The zero-order valence-electron chi connectivity index (χ0n) is 17.4. The highest BCUT2D eigenvalue weighted by atomic mass is 16.1. The number of carbonyl (C=O) groups is 1. The molecule has 3 rings (SSSR count). The van der Waals surface area contributed by atoms with E-state index in [1.54, 1.807) is 0 Å². The number of amides is 1. The number of imidazole rings is 1. The van der Waals surface area contributed by atoms with E-state index < -0.39 is 0 Å². The number of aryl methyl sites for hydroxylation is 2. The fraction of sp³-hybridized carbons (Fsp3) is 0.500. The molecule has 0 saturated heterocycles. The summed E-state index contributed by atoms with van der Waals surface area (Å²) in [6, 6.07) is 8.11. The fourth-order valence-corrected chi connectivity index (χ4v) is 3.61. The number of carbonyl (C=O) groups excluding carboxylic acids is 1. The van der Waals surface area contributed by atoms with E-state index in [0.717, 1.165) is 42.7 Å². The number of para-hydroxylation sites is 2. The Kier molecular flexibility index (Phi) is 6.49. The highest BCUT2D eigenvalue weighted by molar-refractivity contribution is 5.76. The van der Waals surface area contributed by atoms with Crippen LogP contribution in [0, 0.1) is 19.8 Å². The molecule has 0 aliphatic carbocycles. The Labute approximate surface area is 167 Å². The largest absolute Gasteiger partial charge is 0.356 e. The smallest absolute Gasteiger partial charge is 0.220 e. The third-order valence-electron chi connectivity index (χ3n) is 5.10. The third-order valence-corrected chi connectivity index (χ3v) is 5.10. The minimum absolute atomic E-state index is 0.103. The monoisotopic (exact) mass is 381 g/mol. The molecule has 0 fully saturated rings. The van der Waals surface area contributed by atoms with E-state index in [-0.39, 0.29) is 5.91 Å². The van der Waals surface area contributed by atoms with Crippen LogP contribution < -0.4 is 5.32 Å². The molecule has 2 heterocycles. The molecule has 6 heteroatoms. The number of nitrogens with zero attached hydrogens (tertiary/aromatic N) is 4. The van der Waals surface area contributed by atoms with Gasteiger partial charge in [-0.1, -0.05) is 26.0 Å². The van der Waals surface area contributed by atoms with Crippen molar-refractivity contribution < 1.29 is 4.79 Å². The summed E-state index contributed by atoms with van der Waals surface area (Å²) >= 11 is 0. The van der Waals surface area contributed by atoms with Gasteiger partial charge in [-0.15, -0.1) is 0 Å². The SMILES string of the molecule is Cc1nn(CC(C)C)c(C)c1CCC(=O)NCCCn1cnc2ccccc21. The van der Waals surface area contributed by atoms with Gasteiger partial charge in [0, 0.05) is 31.7 Å². The highest BCUT2D eigenvalue weighted by Gasteiger charge is 2.13. The number of fused-ring (bicyclic) bond motifs is 1. The van der Waals surface area contributed by atoms with Crippen molar-refractivity contribution in [2.75, 3.05) is 6.54 Å². The maximum Gasteiger partial charge on any atom is 0.220 e. The second-order valence-electron chi connectivity index (χ2n) is 7.86. The van der Waals surface area contributed by atoms with Gasteiger partial charge in [-0.3, -0.25) is 9.48 Å².